The zero-order valence-corrected chi connectivity index (χ0v) is 20.5. The molecule has 2 N–H and O–H groups in total. The topological polar surface area (TPSA) is 86.4 Å². The Hall–Kier alpha value is -4.36. The molecule has 0 spiro atoms. The minimum absolute atomic E-state index is 0.735. The maximum absolute atomic E-state index is 4.97. The lowest BCUT2D eigenvalue weighted by Gasteiger charge is -2.26. The van der Waals surface area contributed by atoms with Crippen molar-refractivity contribution in [1.29, 1.82) is 0 Å². The van der Waals surface area contributed by atoms with E-state index in [9.17, 15) is 0 Å². The number of para-hydroxylation sites is 1. The third kappa shape index (κ3) is 4.17. The number of fused-ring (bicyclic) bond motifs is 2. The molecule has 0 aliphatic carbocycles. The SMILES string of the molecule is c1ccc(-c2cccc3[nH]c(-c4n[nH]c5ccc(-c6cncc(CN7CCCCC7)c6)cc45)nc23)nc1. The van der Waals surface area contributed by atoms with Gasteiger partial charge in [-0.3, -0.25) is 20.0 Å². The van der Waals surface area contributed by atoms with Crippen molar-refractivity contribution < 1.29 is 0 Å². The molecule has 5 heterocycles. The lowest BCUT2D eigenvalue weighted by Crippen LogP contribution is -2.29. The Morgan fingerprint density at radius 1 is 0.838 bits per heavy atom. The van der Waals surface area contributed by atoms with Gasteiger partial charge < -0.3 is 4.98 Å². The monoisotopic (exact) mass is 485 g/mol. The number of imidazole rings is 1. The van der Waals surface area contributed by atoms with Gasteiger partial charge >= 0.3 is 0 Å². The molecule has 1 aliphatic rings. The van der Waals surface area contributed by atoms with E-state index in [1.54, 1.807) is 6.20 Å². The molecule has 0 bridgehead atoms. The second-order valence-corrected chi connectivity index (χ2v) is 9.75. The molecular weight excluding hydrogens is 458 g/mol. The Morgan fingerprint density at radius 3 is 2.68 bits per heavy atom. The van der Waals surface area contributed by atoms with Crippen LogP contribution in [0, 0.1) is 0 Å². The van der Waals surface area contributed by atoms with Crippen LogP contribution in [0.3, 0.4) is 0 Å². The van der Waals surface area contributed by atoms with E-state index in [0.717, 1.165) is 62.4 Å². The summed E-state index contributed by atoms with van der Waals surface area (Å²) in [5.74, 6) is 0.735. The fraction of sp³-hybridized carbons (Fsp3) is 0.200. The van der Waals surface area contributed by atoms with Crippen molar-refractivity contribution in [1.82, 2.24) is 35.0 Å². The van der Waals surface area contributed by atoms with Crippen molar-refractivity contribution in [3.63, 3.8) is 0 Å². The molecule has 4 aromatic heterocycles. The smallest absolute Gasteiger partial charge is 0.159 e. The summed E-state index contributed by atoms with van der Waals surface area (Å²) < 4.78 is 0. The average molecular weight is 486 g/mol. The van der Waals surface area contributed by atoms with Crippen LogP contribution >= 0.6 is 0 Å². The van der Waals surface area contributed by atoms with E-state index in [-0.39, 0.29) is 0 Å². The predicted molar refractivity (Wildman–Crippen MR) is 147 cm³/mol. The Kier molecular flexibility index (Phi) is 5.48. The fourth-order valence-electron chi connectivity index (χ4n) is 5.35. The third-order valence-corrected chi connectivity index (χ3v) is 7.22. The van der Waals surface area contributed by atoms with E-state index in [0.29, 0.717) is 0 Å². The van der Waals surface area contributed by atoms with E-state index in [2.05, 4.69) is 60.4 Å². The summed E-state index contributed by atoms with van der Waals surface area (Å²) in [6.07, 6.45) is 9.67. The number of pyridine rings is 2. The molecule has 1 saturated heterocycles. The van der Waals surface area contributed by atoms with Gasteiger partial charge in [-0.05, 0) is 73.5 Å². The Labute approximate surface area is 214 Å². The van der Waals surface area contributed by atoms with Crippen molar-refractivity contribution in [3.8, 4) is 33.9 Å². The molecule has 1 fully saturated rings. The molecule has 7 rings (SSSR count). The van der Waals surface area contributed by atoms with Crippen molar-refractivity contribution in [2.75, 3.05) is 13.1 Å². The molecule has 0 atom stereocenters. The number of H-pyrrole nitrogens is 2. The number of nitrogens with one attached hydrogen (secondary N) is 2. The lowest BCUT2D eigenvalue weighted by atomic mass is 10.0. The first-order valence-corrected chi connectivity index (χ1v) is 12.9. The van der Waals surface area contributed by atoms with Crippen LogP contribution in [0.4, 0.5) is 0 Å². The number of aromatic nitrogens is 6. The van der Waals surface area contributed by atoms with E-state index < -0.39 is 0 Å². The number of nitrogens with zero attached hydrogens (tertiary/aromatic N) is 5. The maximum Gasteiger partial charge on any atom is 0.159 e. The van der Waals surface area contributed by atoms with Gasteiger partial charge in [0.05, 0.1) is 22.2 Å². The minimum atomic E-state index is 0.735. The van der Waals surface area contributed by atoms with Crippen LogP contribution in [-0.2, 0) is 6.54 Å². The zero-order chi connectivity index (χ0) is 24.6. The van der Waals surface area contributed by atoms with Gasteiger partial charge in [-0.15, -0.1) is 0 Å². The Bertz CT molecular complexity index is 1690. The molecular formula is C30H27N7. The van der Waals surface area contributed by atoms with Crippen molar-refractivity contribution in [2.45, 2.75) is 25.8 Å². The molecule has 1 aliphatic heterocycles. The summed E-state index contributed by atoms with van der Waals surface area (Å²) in [5, 5.41) is 8.84. The quantitative estimate of drug-likeness (QED) is 0.303. The summed E-state index contributed by atoms with van der Waals surface area (Å²) in [6, 6.07) is 20.7. The van der Waals surface area contributed by atoms with Gasteiger partial charge in [0.1, 0.15) is 5.69 Å². The molecule has 7 nitrogen and oxygen atoms in total. The second kappa shape index (κ2) is 9.26. The van der Waals surface area contributed by atoms with Crippen LogP contribution in [-0.4, -0.2) is 48.1 Å². The molecule has 0 unspecified atom stereocenters. The Balaban J connectivity index is 1.26. The summed E-state index contributed by atoms with van der Waals surface area (Å²) in [6.45, 7) is 3.31. The second-order valence-electron chi connectivity index (χ2n) is 9.75. The maximum atomic E-state index is 4.97. The highest BCUT2D eigenvalue weighted by atomic mass is 15.1. The van der Waals surface area contributed by atoms with Gasteiger partial charge in [0, 0.05) is 41.6 Å². The molecule has 0 radical (unpaired) electrons. The largest absolute Gasteiger partial charge is 0.337 e. The summed E-state index contributed by atoms with van der Waals surface area (Å²) in [5.41, 5.74) is 9.01. The van der Waals surface area contributed by atoms with Gasteiger partial charge in [-0.2, -0.15) is 5.10 Å². The van der Waals surface area contributed by atoms with Gasteiger partial charge in [-0.1, -0.05) is 30.7 Å². The van der Waals surface area contributed by atoms with E-state index >= 15 is 0 Å². The van der Waals surface area contributed by atoms with E-state index in [4.69, 9.17) is 4.98 Å². The summed E-state index contributed by atoms with van der Waals surface area (Å²) >= 11 is 0. The van der Waals surface area contributed by atoms with Gasteiger partial charge in [0.2, 0.25) is 0 Å². The van der Waals surface area contributed by atoms with Crippen LogP contribution in [0.25, 0.3) is 55.8 Å². The highest BCUT2D eigenvalue weighted by Crippen LogP contribution is 2.33. The van der Waals surface area contributed by atoms with Crippen molar-refractivity contribution in [3.05, 3.63) is 84.8 Å². The van der Waals surface area contributed by atoms with Crippen LogP contribution < -0.4 is 0 Å². The van der Waals surface area contributed by atoms with Crippen molar-refractivity contribution in [2.24, 2.45) is 0 Å². The highest BCUT2D eigenvalue weighted by molar-refractivity contribution is 5.98. The highest BCUT2D eigenvalue weighted by Gasteiger charge is 2.16. The van der Waals surface area contributed by atoms with Crippen LogP contribution in [0.1, 0.15) is 24.8 Å². The van der Waals surface area contributed by atoms with Gasteiger partial charge in [0.25, 0.3) is 0 Å². The number of hydrogen-bond donors (Lipinski definition) is 2. The van der Waals surface area contributed by atoms with Crippen LogP contribution in [0.5, 0.6) is 0 Å². The first kappa shape index (κ1) is 21.9. The zero-order valence-electron chi connectivity index (χ0n) is 20.5. The van der Waals surface area contributed by atoms with E-state index in [1.165, 1.54) is 37.9 Å². The molecule has 0 saturated carbocycles. The number of likely N-dealkylation sites (tertiary alicyclic amines) is 1. The number of aromatic amines is 2. The normalized spacial score (nSPS) is 14.5. The summed E-state index contributed by atoms with van der Waals surface area (Å²) in [7, 11) is 0. The number of hydrogen-bond acceptors (Lipinski definition) is 5. The fourth-order valence-corrected chi connectivity index (χ4v) is 5.35. The minimum Gasteiger partial charge on any atom is -0.337 e. The average Bonchev–Trinajstić information content (AvgIpc) is 3.58. The first-order valence-electron chi connectivity index (χ1n) is 12.9. The number of piperidine rings is 1. The number of benzene rings is 2. The first-order chi connectivity index (χ1) is 18.3. The van der Waals surface area contributed by atoms with Gasteiger partial charge in [-0.25, -0.2) is 4.98 Å². The molecule has 182 valence electrons. The summed E-state index contributed by atoms with van der Waals surface area (Å²) in [4.78, 5) is 20.1. The van der Waals surface area contributed by atoms with Crippen LogP contribution in [0.15, 0.2) is 79.3 Å². The van der Waals surface area contributed by atoms with E-state index in [1.807, 2.05) is 42.7 Å². The number of rotatable bonds is 5. The third-order valence-electron chi connectivity index (χ3n) is 7.22. The molecule has 6 aromatic rings. The standard InChI is InChI=1S/C30H27N7/c1-4-13-37(14-5-1)19-20-15-22(18-31-17-20)21-10-11-26-24(16-21)29(36-35-26)30-33-27-9-6-7-23(28(27)34-30)25-8-2-3-12-32-25/h2-3,6-12,15-18H,1,4-5,13-14,19H2,(H,33,34)(H,35,36). The molecule has 0 amide bonds. The molecule has 7 heteroatoms. The van der Waals surface area contributed by atoms with Crippen LogP contribution in [0.2, 0.25) is 0 Å². The molecule has 2 aromatic carbocycles. The lowest BCUT2D eigenvalue weighted by molar-refractivity contribution is 0.220. The molecule has 37 heavy (non-hydrogen) atoms. The van der Waals surface area contributed by atoms with Crippen molar-refractivity contribution >= 4 is 21.9 Å². The van der Waals surface area contributed by atoms with Gasteiger partial charge in [0.15, 0.2) is 5.82 Å². The predicted octanol–water partition coefficient (Wildman–Crippen LogP) is 6.22. The Morgan fingerprint density at radius 2 is 1.78 bits per heavy atom.